The second kappa shape index (κ2) is 8.53. The minimum atomic E-state index is -0.367. The van der Waals surface area contributed by atoms with Gasteiger partial charge in [0.1, 0.15) is 11.5 Å². The van der Waals surface area contributed by atoms with E-state index in [-0.39, 0.29) is 29.0 Å². The number of halogens is 1. The number of carbonyl (C=O) groups excluding carboxylic acids is 1. The van der Waals surface area contributed by atoms with E-state index in [9.17, 15) is 14.0 Å². The number of likely N-dealkylation sites (N-methyl/N-ethyl adjacent to an activating group) is 1. The fourth-order valence-corrected chi connectivity index (χ4v) is 2.53. The fraction of sp³-hybridized carbons (Fsp3) is 0.389. The number of benzene rings is 1. The van der Waals surface area contributed by atoms with E-state index < -0.39 is 0 Å². The van der Waals surface area contributed by atoms with Gasteiger partial charge in [0.15, 0.2) is 0 Å². The molecule has 1 atom stereocenters. The average molecular weight is 346 g/mol. The van der Waals surface area contributed by atoms with Gasteiger partial charge >= 0.3 is 0 Å². The molecule has 1 N–H and O–H groups in total. The molecule has 1 amide bonds. The van der Waals surface area contributed by atoms with Crippen LogP contribution in [0.3, 0.4) is 0 Å². The Balaban J connectivity index is 2.11. The summed E-state index contributed by atoms with van der Waals surface area (Å²) in [5, 5.41) is 6.90. The molecule has 0 aliphatic carbocycles. The molecule has 25 heavy (non-hydrogen) atoms. The molecule has 7 heteroatoms. The molecule has 0 spiro atoms. The highest BCUT2D eigenvalue weighted by molar-refractivity contribution is 5.92. The van der Waals surface area contributed by atoms with Crippen LogP contribution >= 0.6 is 0 Å². The van der Waals surface area contributed by atoms with Crippen LogP contribution in [-0.4, -0.2) is 41.2 Å². The summed E-state index contributed by atoms with van der Waals surface area (Å²) in [6.07, 6.45) is 0.750. The number of hydrogen-bond donors (Lipinski definition) is 1. The zero-order valence-electron chi connectivity index (χ0n) is 14.7. The molecule has 0 radical (unpaired) electrons. The van der Waals surface area contributed by atoms with Crippen LogP contribution in [0.5, 0.6) is 0 Å². The fourth-order valence-electron chi connectivity index (χ4n) is 2.53. The zero-order valence-corrected chi connectivity index (χ0v) is 14.7. The van der Waals surface area contributed by atoms with Crippen molar-refractivity contribution < 1.29 is 9.18 Å². The monoisotopic (exact) mass is 346 g/mol. The van der Waals surface area contributed by atoms with E-state index in [2.05, 4.69) is 10.4 Å². The Kier molecular flexibility index (Phi) is 6.41. The van der Waals surface area contributed by atoms with E-state index in [0.717, 1.165) is 12.0 Å². The third-order valence-electron chi connectivity index (χ3n) is 3.85. The molecule has 1 aromatic carbocycles. The van der Waals surface area contributed by atoms with Gasteiger partial charge in [-0.15, -0.1) is 0 Å². The maximum absolute atomic E-state index is 13.5. The molecular weight excluding hydrogens is 323 g/mol. The standard InChI is InChI=1S/C18H23FN4O2/c1-4-10-23-17(24)9-8-15(21-23)18(25)20-12-16(22(2)3)13-6-5-7-14(19)11-13/h5-9,11,16H,4,10,12H2,1-3H3,(H,20,25)/t16-/m0/s1. The highest BCUT2D eigenvalue weighted by atomic mass is 19.1. The predicted molar refractivity (Wildman–Crippen MR) is 93.9 cm³/mol. The summed E-state index contributed by atoms with van der Waals surface area (Å²) in [5.41, 5.74) is 0.725. The Labute approximate surface area is 146 Å². The van der Waals surface area contributed by atoms with E-state index in [1.165, 1.54) is 28.9 Å². The molecule has 0 saturated carbocycles. The van der Waals surface area contributed by atoms with Crippen LogP contribution in [0.1, 0.15) is 35.4 Å². The second-order valence-electron chi connectivity index (χ2n) is 6.02. The van der Waals surface area contributed by atoms with Gasteiger partial charge in [-0.2, -0.15) is 5.10 Å². The van der Waals surface area contributed by atoms with E-state index >= 15 is 0 Å². The molecule has 0 bridgehead atoms. The van der Waals surface area contributed by atoms with Gasteiger partial charge in [-0.1, -0.05) is 19.1 Å². The maximum atomic E-state index is 13.5. The molecule has 0 unspecified atom stereocenters. The zero-order chi connectivity index (χ0) is 18.4. The van der Waals surface area contributed by atoms with Crippen molar-refractivity contribution in [3.63, 3.8) is 0 Å². The predicted octanol–water partition coefficient (Wildman–Crippen LogP) is 1.83. The van der Waals surface area contributed by atoms with Gasteiger partial charge in [0.25, 0.3) is 11.5 Å². The van der Waals surface area contributed by atoms with Gasteiger partial charge in [0, 0.05) is 19.2 Å². The first kappa shape index (κ1) is 18.8. The van der Waals surface area contributed by atoms with Crippen LogP contribution in [0.2, 0.25) is 0 Å². The molecule has 1 heterocycles. The molecule has 6 nitrogen and oxygen atoms in total. The number of nitrogens with zero attached hydrogens (tertiary/aromatic N) is 3. The Morgan fingerprint density at radius 3 is 2.72 bits per heavy atom. The molecule has 0 saturated heterocycles. The van der Waals surface area contributed by atoms with Gasteiger partial charge in [-0.3, -0.25) is 9.59 Å². The summed E-state index contributed by atoms with van der Waals surface area (Å²) in [7, 11) is 3.73. The van der Waals surface area contributed by atoms with Crippen molar-refractivity contribution in [3.05, 3.63) is 63.8 Å². The van der Waals surface area contributed by atoms with Crippen LogP contribution < -0.4 is 10.9 Å². The molecule has 2 rings (SSSR count). The van der Waals surface area contributed by atoms with Crippen molar-refractivity contribution >= 4 is 5.91 Å². The van der Waals surface area contributed by atoms with Gasteiger partial charge in [-0.05, 0) is 44.3 Å². The SMILES string of the molecule is CCCn1nc(C(=O)NC[C@@H](c2cccc(F)c2)N(C)C)ccc1=O. The molecule has 134 valence electrons. The molecule has 0 aliphatic heterocycles. The topological polar surface area (TPSA) is 67.2 Å². The largest absolute Gasteiger partial charge is 0.349 e. The minimum Gasteiger partial charge on any atom is -0.349 e. The number of aromatic nitrogens is 2. The Morgan fingerprint density at radius 2 is 2.08 bits per heavy atom. The molecule has 1 aromatic heterocycles. The van der Waals surface area contributed by atoms with Crippen LogP contribution in [0.4, 0.5) is 4.39 Å². The lowest BCUT2D eigenvalue weighted by atomic mass is 10.1. The van der Waals surface area contributed by atoms with E-state index in [1.807, 2.05) is 32.0 Å². The second-order valence-corrected chi connectivity index (χ2v) is 6.02. The summed E-state index contributed by atoms with van der Waals surface area (Å²) < 4.78 is 14.7. The summed E-state index contributed by atoms with van der Waals surface area (Å²) in [6, 6.07) is 8.88. The first-order valence-electron chi connectivity index (χ1n) is 8.20. The normalized spacial score (nSPS) is 12.2. The lowest BCUT2D eigenvalue weighted by Crippen LogP contribution is -2.36. The molecule has 0 fully saturated rings. The summed E-state index contributed by atoms with van der Waals surface area (Å²) in [5.74, 6) is -0.683. The van der Waals surface area contributed by atoms with Crippen LogP contribution in [0, 0.1) is 5.82 Å². The van der Waals surface area contributed by atoms with Crippen molar-refractivity contribution in [2.75, 3.05) is 20.6 Å². The number of rotatable bonds is 7. The first-order valence-corrected chi connectivity index (χ1v) is 8.20. The molecule has 2 aromatic rings. The van der Waals surface area contributed by atoms with E-state index in [1.54, 1.807) is 6.07 Å². The van der Waals surface area contributed by atoms with Gasteiger partial charge in [0.2, 0.25) is 0 Å². The Morgan fingerprint density at radius 1 is 1.32 bits per heavy atom. The summed E-state index contributed by atoms with van der Waals surface area (Å²) >= 11 is 0. The Hall–Kier alpha value is -2.54. The number of amides is 1. The van der Waals surface area contributed by atoms with Crippen molar-refractivity contribution in [1.82, 2.24) is 20.0 Å². The highest BCUT2D eigenvalue weighted by Gasteiger charge is 2.17. The first-order chi connectivity index (χ1) is 11.9. The van der Waals surface area contributed by atoms with Crippen molar-refractivity contribution in [1.29, 1.82) is 0 Å². The van der Waals surface area contributed by atoms with Gasteiger partial charge < -0.3 is 10.2 Å². The van der Waals surface area contributed by atoms with Crippen molar-refractivity contribution in [2.45, 2.75) is 25.9 Å². The van der Waals surface area contributed by atoms with Crippen LogP contribution in [0.15, 0.2) is 41.2 Å². The average Bonchev–Trinajstić information content (AvgIpc) is 2.57. The van der Waals surface area contributed by atoms with Gasteiger partial charge in [0.05, 0.1) is 6.04 Å². The quantitative estimate of drug-likeness (QED) is 0.830. The van der Waals surface area contributed by atoms with Crippen LogP contribution in [-0.2, 0) is 6.54 Å². The number of aryl methyl sites for hydroxylation is 1. The molecular formula is C18H23FN4O2. The third kappa shape index (κ3) is 4.96. The maximum Gasteiger partial charge on any atom is 0.271 e. The van der Waals surface area contributed by atoms with E-state index in [4.69, 9.17) is 0 Å². The van der Waals surface area contributed by atoms with Crippen molar-refractivity contribution in [2.24, 2.45) is 0 Å². The molecule has 0 aliphatic rings. The minimum absolute atomic E-state index is 0.179. The van der Waals surface area contributed by atoms with E-state index in [0.29, 0.717) is 13.1 Å². The van der Waals surface area contributed by atoms with Gasteiger partial charge in [-0.25, -0.2) is 9.07 Å². The third-order valence-corrected chi connectivity index (χ3v) is 3.85. The summed E-state index contributed by atoms with van der Waals surface area (Å²) in [4.78, 5) is 25.9. The number of hydrogen-bond acceptors (Lipinski definition) is 4. The number of carbonyl (C=O) groups is 1. The lowest BCUT2D eigenvalue weighted by Gasteiger charge is -2.25. The Bertz CT molecular complexity index is 789. The summed E-state index contributed by atoms with van der Waals surface area (Å²) in [6.45, 7) is 2.69. The highest BCUT2D eigenvalue weighted by Crippen LogP contribution is 2.18. The van der Waals surface area contributed by atoms with Crippen molar-refractivity contribution in [3.8, 4) is 0 Å². The van der Waals surface area contributed by atoms with Crippen LogP contribution in [0.25, 0.3) is 0 Å². The number of nitrogens with one attached hydrogen (secondary N) is 1. The smallest absolute Gasteiger partial charge is 0.271 e. The lowest BCUT2D eigenvalue weighted by molar-refractivity contribution is 0.0934.